The van der Waals surface area contributed by atoms with Gasteiger partial charge >= 0.3 is 29.6 Å². The Kier molecular flexibility index (Phi) is 14.0. The van der Waals surface area contributed by atoms with Crippen LogP contribution in [0.5, 0.6) is 0 Å². The van der Waals surface area contributed by atoms with Crippen molar-refractivity contribution < 1.29 is 42.5 Å². The molecule has 3 nitrogen and oxygen atoms in total. The van der Waals surface area contributed by atoms with Crippen molar-refractivity contribution in [3.05, 3.63) is 24.3 Å². The molecule has 0 aliphatic rings. The number of unbranched alkanes of at least 4 members (excludes halogenated alkanes) is 8. The molecule has 23 heavy (non-hydrogen) atoms. The zero-order chi connectivity index (χ0) is 16.3. The van der Waals surface area contributed by atoms with Crippen molar-refractivity contribution in [2.24, 2.45) is 0 Å². The van der Waals surface area contributed by atoms with Gasteiger partial charge in [-0.2, -0.15) is 0 Å². The second-order valence-electron chi connectivity index (χ2n) is 5.60. The summed E-state index contributed by atoms with van der Waals surface area (Å²) in [6.45, 7) is 2.24. The summed E-state index contributed by atoms with van der Waals surface area (Å²) in [5.41, 5.74) is 0. The molecule has 0 aliphatic heterocycles. The van der Waals surface area contributed by atoms with Gasteiger partial charge in [0.1, 0.15) is 10.1 Å². The van der Waals surface area contributed by atoms with Gasteiger partial charge in [-0.05, 0) is 36.4 Å². The summed E-state index contributed by atoms with van der Waals surface area (Å²) in [5.74, 6) is 1.04. The van der Waals surface area contributed by atoms with Gasteiger partial charge in [0.15, 0.2) is 0 Å². The van der Waals surface area contributed by atoms with Crippen molar-refractivity contribution in [1.82, 2.24) is 0 Å². The van der Waals surface area contributed by atoms with Crippen molar-refractivity contribution in [3.63, 3.8) is 0 Å². The van der Waals surface area contributed by atoms with Gasteiger partial charge in [0.2, 0.25) is 0 Å². The summed E-state index contributed by atoms with van der Waals surface area (Å²) in [6.07, 6.45) is 11.9. The summed E-state index contributed by atoms with van der Waals surface area (Å²) in [5, 5.41) is 0. The molecular formula is C17H27NaO3S2. The van der Waals surface area contributed by atoms with Crippen LogP contribution in [0.1, 0.15) is 64.7 Å². The second kappa shape index (κ2) is 13.7. The summed E-state index contributed by atoms with van der Waals surface area (Å²) in [4.78, 5) is 0.867. The van der Waals surface area contributed by atoms with E-state index in [9.17, 15) is 13.0 Å². The molecule has 0 atom stereocenters. The molecule has 1 aromatic rings. The van der Waals surface area contributed by atoms with E-state index < -0.39 is 10.1 Å². The van der Waals surface area contributed by atoms with E-state index in [1.807, 2.05) is 0 Å². The second-order valence-corrected chi connectivity index (χ2v) is 8.15. The fraction of sp³-hybridized carbons (Fsp3) is 0.647. The molecule has 0 aliphatic carbocycles. The third-order valence-electron chi connectivity index (χ3n) is 3.63. The molecule has 0 unspecified atom stereocenters. The monoisotopic (exact) mass is 366 g/mol. The fourth-order valence-electron chi connectivity index (χ4n) is 2.31. The first-order chi connectivity index (χ1) is 10.5. The maximum Gasteiger partial charge on any atom is 1.00 e. The van der Waals surface area contributed by atoms with Crippen LogP contribution in [0.15, 0.2) is 34.1 Å². The Morgan fingerprint density at radius 1 is 0.870 bits per heavy atom. The van der Waals surface area contributed by atoms with Crippen LogP contribution in [-0.2, 0) is 10.1 Å². The molecular weight excluding hydrogens is 339 g/mol. The summed E-state index contributed by atoms with van der Waals surface area (Å²) in [7, 11) is -4.32. The Hall–Kier alpha value is 0.480. The van der Waals surface area contributed by atoms with Crippen molar-refractivity contribution in [3.8, 4) is 0 Å². The molecule has 126 valence electrons. The Labute approximate surface area is 168 Å². The molecule has 0 fully saturated rings. The van der Waals surface area contributed by atoms with E-state index in [-0.39, 0.29) is 34.5 Å². The number of thioether (sulfide) groups is 1. The quantitative estimate of drug-likeness (QED) is 0.246. The molecule has 0 amide bonds. The third kappa shape index (κ3) is 11.6. The molecule has 0 spiro atoms. The van der Waals surface area contributed by atoms with E-state index in [1.165, 1.54) is 69.9 Å². The van der Waals surface area contributed by atoms with Gasteiger partial charge in [-0.15, -0.1) is 11.8 Å². The minimum atomic E-state index is -4.32. The minimum absolute atomic E-state index is 0. The molecule has 0 radical (unpaired) electrons. The van der Waals surface area contributed by atoms with Gasteiger partial charge in [-0.3, -0.25) is 0 Å². The van der Waals surface area contributed by atoms with Gasteiger partial charge in [-0.1, -0.05) is 58.3 Å². The molecule has 6 heteroatoms. The van der Waals surface area contributed by atoms with Gasteiger partial charge < -0.3 is 4.55 Å². The Bertz CT molecular complexity index is 501. The van der Waals surface area contributed by atoms with Crippen LogP contribution in [0, 0.1) is 0 Å². The Morgan fingerprint density at radius 2 is 1.35 bits per heavy atom. The standard InChI is InChI=1S/C17H28O3S2.Na/c1-2-3-4-5-6-7-8-9-10-15-21-16-11-13-17(14-12-16)22(18,19)20;/h11-14H,2-10,15H2,1H3,(H,18,19,20);/q;+1/p-1. The summed E-state index contributed by atoms with van der Waals surface area (Å²) in [6, 6.07) is 6.20. The van der Waals surface area contributed by atoms with Crippen molar-refractivity contribution >= 4 is 21.9 Å². The zero-order valence-electron chi connectivity index (χ0n) is 14.4. The molecule has 1 rings (SSSR count). The van der Waals surface area contributed by atoms with Crippen LogP contribution < -0.4 is 29.6 Å². The van der Waals surface area contributed by atoms with E-state index in [4.69, 9.17) is 0 Å². The first kappa shape index (κ1) is 23.5. The smallest absolute Gasteiger partial charge is 0.744 e. The van der Waals surface area contributed by atoms with E-state index in [2.05, 4.69) is 6.92 Å². The first-order valence-corrected chi connectivity index (χ1v) is 10.6. The predicted octanol–water partition coefficient (Wildman–Crippen LogP) is 2.22. The number of hydrogen-bond donors (Lipinski definition) is 0. The average molecular weight is 367 g/mol. The third-order valence-corrected chi connectivity index (χ3v) is 5.58. The van der Waals surface area contributed by atoms with Crippen LogP contribution >= 0.6 is 11.8 Å². The topological polar surface area (TPSA) is 57.2 Å². The minimum Gasteiger partial charge on any atom is -0.744 e. The van der Waals surface area contributed by atoms with Gasteiger partial charge in [0, 0.05) is 4.90 Å². The number of benzene rings is 1. The average Bonchev–Trinajstić information content (AvgIpc) is 2.49. The number of rotatable bonds is 12. The molecule has 0 saturated carbocycles. The zero-order valence-corrected chi connectivity index (χ0v) is 18.1. The van der Waals surface area contributed by atoms with E-state index >= 15 is 0 Å². The first-order valence-electron chi connectivity index (χ1n) is 8.23. The largest absolute Gasteiger partial charge is 1.00 e. The Balaban J connectivity index is 0.00000484. The maximum atomic E-state index is 10.8. The van der Waals surface area contributed by atoms with E-state index in [0.717, 1.165) is 10.6 Å². The molecule has 0 heterocycles. The SMILES string of the molecule is CCCCCCCCCCCSc1ccc(S(=O)(=O)[O-])cc1.[Na+]. The van der Waals surface area contributed by atoms with Crippen molar-refractivity contribution in [2.75, 3.05) is 5.75 Å². The fourth-order valence-corrected chi connectivity index (χ4v) is 3.69. The molecule has 0 aromatic heterocycles. The van der Waals surface area contributed by atoms with E-state index in [0.29, 0.717) is 0 Å². The van der Waals surface area contributed by atoms with Crippen molar-refractivity contribution in [2.45, 2.75) is 74.5 Å². The molecule has 0 saturated heterocycles. The van der Waals surface area contributed by atoms with Crippen LogP contribution in [0.2, 0.25) is 0 Å². The predicted molar refractivity (Wildman–Crippen MR) is 92.4 cm³/mol. The van der Waals surface area contributed by atoms with E-state index in [1.54, 1.807) is 23.9 Å². The Morgan fingerprint density at radius 3 is 1.83 bits per heavy atom. The number of hydrogen-bond acceptors (Lipinski definition) is 4. The van der Waals surface area contributed by atoms with Crippen LogP contribution in [0.3, 0.4) is 0 Å². The summed E-state index contributed by atoms with van der Waals surface area (Å²) < 4.78 is 32.5. The van der Waals surface area contributed by atoms with Crippen LogP contribution in [-0.4, -0.2) is 18.7 Å². The maximum absolute atomic E-state index is 10.8. The van der Waals surface area contributed by atoms with Crippen LogP contribution in [0.4, 0.5) is 0 Å². The van der Waals surface area contributed by atoms with Gasteiger partial charge in [0.25, 0.3) is 0 Å². The summed E-state index contributed by atoms with van der Waals surface area (Å²) >= 11 is 1.72. The normalized spacial score (nSPS) is 11.2. The van der Waals surface area contributed by atoms with Gasteiger partial charge in [0.05, 0.1) is 4.90 Å². The van der Waals surface area contributed by atoms with Crippen LogP contribution in [0.25, 0.3) is 0 Å². The molecule has 1 aromatic carbocycles. The van der Waals surface area contributed by atoms with Crippen molar-refractivity contribution in [1.29, 1.82) is 0 Å². The molecule has 0 bridgehead atoms. The van der Waals surface area contributed by atoms with Gasteiger partial charge in [-0.25, -0.2) is 8.42 Å². The molecule has 0 N–H and O–H groups in total.